The third-order valence-corrected chi connectivity index (χ3v) is 3.96. The quantitative estimate of drug-likeness (QED) is 0.540. The van der Waals surface area contributed by atoms with Crippen LogP contribution in [-0.2, 0) is 7.05 Å². The van der Waals surface area contributed by atoms with Crippen LogP contribution in [0.2, 0.25) is 0 Å². The first kappa shape index (κ1) is 15.3. The summed E-state index contributed by atoms with van der Waals surface area (Å²) in [6.07, 6.45) is 9.18. The average Bonchev–Trinajstić information content (AvgIpc) is 3.16. The molecule has 0 amide bonds. The molecule has 1 saturated carbocycles. The number of hydrogen-bond donors (Lipinski definition) is 0. The Morgan fingerprint density at radius 3 is 2.60 bits per heavy atom. The van der Waals surface area contributed by atoms with Crippen LogP contribution in [-0.4, -0.2) is 4.57 Å². The van der Waals surface area contributed by atoms with Crippen LogP contribution in [0.1, 0.15) is 41.5 Å². The molecule has 0 unspecified atom stereocenters. The van der Waals surface area contributed by atoms with Gasteiger partial charge in [0.15, 0.2) is 6.20 Å². The monoisotopic (exact) mass is 380 g/mol. The van der Waals surface area contributed by atoms with Crippen LogP contribution in [0, 0.1) is 13.8 Å². The van der Waals surface area contributed by atoms with Gasteiger partial charge in [-0.15, -0.1) is 0 Å². The van der Waals surface area contributed by atoms with Gasteiger partial charge in [0, 0.05) is 35.6 Å². The standard InChI is InChI=1S/C17H21N2.HI/c1-13-12-15(14(2)19(13)17-9-10-17)7-8-16-6-4-5-11-18(16)3;/h4-8,11-12,17H,9-10H2,1-3H3;1H/q+1;/p-1. The second kappa shape index (κ2) is 6.12. The fourth-order valence-corrected chi connectivity index (χ4v) is 2.75. The Morgan fingerprint density at radius 1 is 1.20 bits per heavy atom. The molecular formula is C17H21IN2. The lowest BCUT2D eigenvalue weighted by Gasteiger charge is -2.06. The molecule has 0 atom stereocenters. The van der Waals surface area contributed by atoms with Crippen molar-refractivity contribution in [3.8, 4) is 0 Å². The van der Waals surface area contributed by atoms with Gasteiger partial charge in [0.25, 0.3) is 0 Å². The molecule has 2 aromatic heterocycles. The Morgan fingerprint density at radius 2 is 1.95 bits per heavy atom. The summed E-state index contributed by atoms with van der Waals surface area (Å²) in [4.78, 5) is 0. The number of halogens is 1. The van der Waals surface area contributed by atoms with E-state index in [1.807, 2.05) is 0 Å². The summed E-state index contributed by atoms with van der Waals surface area (Å²) >= 11 is 0. The molecule has 0 aromatic carbocycles. The van der Waals surface area contributed by atoms with Crippen LogP contribution < -0.4 is 28.5 Å². The first-order valence-corrected chi connectivity index (χ1v) is 6.98. The molecule has 0 spiro atoms. The van der Waals surface area contributed by atoms with Gasteiger partial charge in [0.2, 0.25) is 5.69 Å². The van der Waals surface area contributed by atoms with Crippen LogP contribution >= 0.6 is 0 Å². The minimum atomic E-state index is 0. The van der Waals surface area contributed by atoms with E-state index in [0.29, 0.717) is 0 Å². The largest absolute Gasteiger partial charge is 1.00 e. The highest BCUT2D eigenvalue weighted by atomic mass is 127. The highest BCUT2D eigenvalue weighted by Crippen LogP contribution is 2.38. The smallest absolute Gasteiger partial charge is 0.204 e. The van der Waals surface area contributed by atoms with E-state index in [2.05, 4.69) is 72.6 Å². The third-order valence-electron chi connectivity index (χ3n) is 3.96. The molecule has 0 saturated heterocycles. The SMILES string of the molecule is Cc1cc(/C=C/c2cccc[n+]2C)c(C)n1C1CC1.[I-]. The first-order valence-electron chi connectivity index (χ1n) is 6.98. The van der Waals surface area contributed by atoms with Gasteiger partial charge >= 0.3 is 0 Å². The fourth-order valence-electron chi connectivity index (χ4n) is 2.75. The molecule has 1 aliphatic rings. The summed E-state index contributed by atoms with van der Waals surface area (Å²) < 4.78 is 4.63. The number of rotatable bonds is 3. The normalized spacial score (nSPS) is 14.6. The van der Waals surface area contributed by atoms with Gasteiger partial charge in [0.1, 0.15) is 7.05 Å². The Hall–Kier alpha value is -1.10. The lowest BCUT2D eigenvalue weighted by molar-refractivity contribution is -0.673. The van der Waals surface area contributed by atoms with E-state index in [4.69, 9.17) is 0 Å². The molecule has 106 valence electrons. The topological polar surface area (TPSA) is 8.81 Å². The van der Waals surface area contributed by atoms with Gasteiger partial charge in [-0.1, -0.05) is 0 Å². The van der Waals surface area contributed by atoms with Crippen molar-refractivity contribution in [3.63, 3.8) is 0 Å². The summed E-state index contributed by atoms with van der Waals surface area (Å²) in [7, 11) is 2.08. The molecule has 0 bridgehead atoms. The highest BCUT2D eigenvalue weighted by molar-refractivity contribution is 5.68. The zero-order chi connectivity index (χ0) is 13.4. The summed E-state index contributed by atoms with van der Waals surface area (Å²) in [6.45, 7) is 4.45. The van der Waals surface area contributed by atoms with Crippen molar-refractivity contribution in [2.75, 3.05) is 0 Å². The van der Waals surface area contributed by atoms with E-state index >= 15 is 0 Å². The van der Waals surface area contributed by atoms with E-state index in [1.54, 1.807) is 0 Å². The van der Waals surface area contributed by atoms with Crippen LogP contribution in [0.4, 0.5) is 0 Å². The van der Waals surface area contributed by atoms with Crippen LogP contribution in [0.5, 0.6) is 0 Å². The molecule has 1 fully saturated rings. The van der Waals surface area contributed by atoms with Gasteiger partial charge in [0.05, 0.1) is 0 Å². The summed E-state index contributed by atoms with van der Waals surface area (Å²) in [5.74, 6) is 0. The molecule has 3 rings (SSSR count). The lowest BCUT2D eigenvalue weighted by atomic mass is 10.2. The molecule has 2 nitrogen and oxygen atoms in total. The van der Waals surface area contributed by atoms with Crippen molar-refractivity contribution in [3.05, 3.63) is 53.1 Å². The Bertz CT molecular complexity index is 636. The number of nitrogens with zero attached hydrogens (tertiary/aromatic N) is 2. The van der Waals surface area contributed by atoms with Crippen LogP contribution in [0.3, 0.4) is 0 Å². The number of aryl methyl sites for hydroxylation is 2. The summed E-state index contributed by atoms with van der Waals surface area (Å²) in [5, 5.41) is 0. The predicted octanol–water partition coefficient (Wildman–Crippen LogP) is 0.439. The van der Waals surface area contributed by atoms with E-state index in [0.717, 1.165) is 6.04 Å². The molecule has 0 N–H and O–H groups in total. The molecule has 0 aliphatic heterocycles. The van der Waals surface area contributed by atoms with Crippen LogP contribution in [0.15, 0.2) is 30.5 Å². The van der Waals surface area contributed by atoms with Gasteiger partial charge in [-0.25, -0.2) is 4.57 Å². The van der Waals surface area contributed by atoms with Crippen molar-refractivity contribution < 1.29 is 28.5 Å². The third kappa shape index (κ3) is 2.97. The molecule has 3 heteroatoms. The number of hydrogen-bond acceptors (Lipinski definition) is 0. The molecule has 20 heavy (non-hydrogen) atoms. The summed E-state index contributed by atoms with van der Waals surface area (Å²) in [5.41, 5.74) is 5.35. The van der Waals surface area contributed by atoms with E-state index in [-0.39, 0.29) is 24.0 Å². The molecular weight excluding hydrogens is 359 g/mol. The van der Waals surface area contributed by atoms with Crippen LogP contribution in [0.25, 0.3) is 12.2 Å². The van der Waals surface area contributed by atoms with E-state index < -0.39 is 0 Å². The van der Waals surface area contributed by atoms with Crippen molar-refractivity contribution in [1.82, 2.24) is 4.57 Å². The van der Waals surface area contributed by atoms with Gasteiger partial charge in [-0.3, -0.25) is 0 Å². The Kier molecular flexibility index (Phi) is 4.68. The fraction of sp³-hybridized carbons (Fsp3) is 0.353. The molecule has 2 heterocycles. The second-order valence-electron chi connectivity index (χ2n) is 5.50. The van der Waals surface area contributed by atoms with Crippen molar-refractivity contribution in [2.24, 2.45) is 7.05 Å². The maximum absolute atomic E-state index is 2.49. The Labute approximate surface area is 138 Å². The Balaban J connectivity index is 0.00000147. The molecule has 2 aromatic rings. The van der Waals surface area contributed by atoms with Crippen molar-refractivity contribution >= 4 is 12.2 Å². The maximum Gasteiger partial charge on any atom is 0.204 e. The van der Waals surface area contributed by atoms with E-state index in [9.17, 15) is 0 Å². The summed E-state index contributed by atoms with van der Waals surface area (Å²) in [6, 6.07) is 9.32. The number of aromatic nitrogens is 2. The number of pyridine rings is 1. The maximum atomic E-state index is 2.49. The second-order valence-corrected chi connectivity index (χ2v) is 5.50. The molecule has 0 radical (unpaired) electrons. The van der Waals surface area contributed by atoms with Gasteiger partial charge in [-0.05, 0) is 50.5 Å². The minimum Gasteiger partial charge on any atom is -1.00 e. The zero-order valence-electron chi connectivity index (χ0n) is 12.3. The van der Waals surface area contributed by atoms with Gasteiger partial charge < -0.3 is 28.5 Å². The predicted molar refractivity (Wildman–Crippen MR) is 78.7 cm³/mol. The average molecular weight is 380 g/mol. The first-order chi connectivity index (χ1) is 9.16. The van der Waals surface area contributed by atoms with E-state index in [1.165, 1.54) is 35.5 Å². The minimum absolute atomic E-state index is 0. The van der Waals surface area contributed by atoms with Crippen molar-refractivity contribution in [1.29, 1.82) is 0 Å². The lowest BCUT2D eigenvalue weighted by Crippen LogP contribution is -3.00. The zero-order valence-corrected chi connectivity index (χ0v) is 14.5. The highest BCUT2D eigenvalue weighted by Gasteiger charge is 2.26. The van der Waals surface area contributed by atoms with Crippen molar-refractivity contribution in [2.45, 2.75) is 32.7 Å². The van der Waals surface area contributed by atoms with Gasteiger partial charge in [-0.2, -0.15) is 0 Å². The molecule has 1 aliphatic carbocycles.